The van der Waals surface area contributed by atoms with Crippen LogP contribution in [0.5, 0.6) is 11.5 Å². The SMILES string of the molecule is COc1cc(C=O)ccc1O[P@](=S)(c1ccncc1)C(C)(C)C. The van der Waals surface area contributed by atoms with Crippen LogP contribution in [0.4, 0.5) is 0 Å². The van der Waals surface area contributed by atoms with Crippen LogP contribution in [0.25, 0.3) is 0 Å². The second kappa shape index (κ2) is 6.81. The van der Waals surface area contributed by atoms with E-state index in [0.29, 0.717) is 17.1 Å². The van der Waals surface area contributed by atoms with Crippen molar-refractivity contribution in [1.82, 2.24) is 4.98 Å². The van der Waals surface area contributed by atoms with Gasteiger partial charge < -0.3 is 9.26 Å². The molecule has 4 nitrogen and oxygen atoms in total. The number of benzene rings is 1. The zero-order valence-electron chi connectivity index (χ0n) is 13.6. The van der Waals surface area contributed by atoms with Crippen LogP contribution in [0.15, 0.2) is 42.7 Å². The van der Waals surface area contributed by atoms with Crippen LogP contribution < -0.4 is 14.6 Å². The lowest BCUT2D eigenvalue weighted by Crippen LogP contribution is -2.26. The molecule has 1 aromatic heterocycles. The first-order valence-corrected chi connectivity index (χ1v) is 9.87. The molecule has 23 heavy (non-hydrogen) atoms. The quantitative estimate of drug-likeness (QED) is 0.607. The highest BCUT2D eigenvalue weighted by Crippen LogP contribution is 2.58. The molecular formula is C17H20NO3PS. The summed E-state index contributed by atoms with van der Waals surface area (Å²) >= 11 is 5.99. The molecule has 0 aliphatic carbocycles. The lowest BCUT2D eigenvalue weighted by atomic mass is 10.2. The Balaban J connectivity index is 2.53. The number of methoxy groups -OCH3 is 1. The van der Waals surface area contributed by atoms with Crippen molar-refractivity contribution < 1.29 is 14.1 Å². The van der Waals surface area contributed by atoms with Crippen LogP contribution in [0.3, 0.4) is 0 Å². The third-order valence-electron chi connectivity index (χ3n) is 3.44. The van der Waals surface area contributed by atoms with Crippen LogP contribution in [0, 0.1) is 0 Å². The van der Waals surface area contributed by atoms with Gasteiger partial charge in [0.2, 0.25) is 0 Å². The lowest BCUT2D eigenvalue weighted by molar-refractivity contribution is 0.112. The monoisotopic (exact) mass is 349 g/mol. The first kappa shape index (κ1) is 17.6. The number of aromatic nitrogens is 1. The molecule has 0 aliphatic rings. The van der Waals surface area contributed by atoms with Gasteiger partial charge in [0.05, 0.1) is 7.11 Å². The van der Waals surface area contributed by atoms with E-state index in [1.165, 1.54) is 0 Å². The van der Waals surface area contributed by atoms with Gasteiger partial charge in [-0.25, -0.2) is 0 Å². The molecule has 6 heteroatoms. The molecule has 0 bridgehead atoms. The van der Waals surface area contributed by atoms with E-state index >= 15 is 0 Å². The van der Waals surface area contributed by atoms with E-state index in [4.69, 9.17) is 21.1 Å². The van der Waals surface area contributed by atoms with E-state index in [9.17, 15) is 4.79 Å². The van der Waals surface area contributed by atoms with E-state index in [-0.39, 0.29) is 5.16 Å². The zero-order chi connectivity index (χ0) is 17.1. The summed E-state index contributed by atoms with van der Waals surface area (Å²) in [7, 11) is 1.55. The predicted molar refractivity (Wildman–Crippen MR) is 96.9 cm³/mol. The van der Waals surface area contributed by atoms with Gasteiger partial charge in [0.1, 0.15) is 12.6 Å². The number of nitrogens with zero attached hydrogens (tertiary/aromatic N) is 1. The van der Waals surface area contributed by atoms with E-state index in [1.54, 1.807) is 37.7 Å². The molecule has 0 unspecified atom stereocenters. The van der Waals surface area contributed by atoms with Crippen molar-refractivity contribution in [3.63, 3.8) is 0 Å². The molecule has 1 heterocycles. The Kier molecular flexibility index (Phi) is 5.23. The Bertz CT molecular complexity index is 741. The van der Waals surface area contributed by atoms with Gasteiger partial charge in [0.25, 0.3) is 0 Å². The highest BCUT2D eigenvalue weighted by Gasteiger charge is 2.37. The summed E-state index contributed by atoms with van der Waals surface area (Å²) in [6.07, 6.45) is 1.80. The average molecular weight is 349 g/mol. The summed E-state index contributed by atoms with van der Waals surface area (Å²) in [6, 6.07) is 8.88. The molecule has 0 radical (unpaired) electrons. The molecular weight excluding hydrogens is 329 g/mol. The number of aldehydes is 1. The van der Waals surface area contributed by atoms with Crippen LogP contribution in [0.2, 0.25) is 0 Å². The van der Waals surface area contributed by atoms with Crippen molar-refractivity contribution in [2.45, 2.75) is 25.9 Å². The smallest absolute Gasteiger partial charge is 0.166 e. The van der Waals surface area contributed by atoms with E-state index in [1.807, 2.05) is 12.1 Å². The van der Waals surface area contributed by atoms with Crippen molar-refractivity contribution in [3.8, 4) is 11.5 Å². The van der Waals surface area contributed by atoms with Gasteiger partial charge in [-0.2, -0.15) is 0 Å². The molecule has 2 aromatic rings. The summed E-state index contributed by atoms with van der Waals surface area (Å²) < 4.78 is 11.7. The fraction of sp³-hybridized carbons (Fsp3) is 0.294. The van der Waals surface area contributed by atoms with Crippen molar-refractivity contribution >= 4 is 29.7 Å². The Morgan fingerprint density at radius 3 is 2.30 bits per heavy atom. The van der Waals surface area contributed by atoms with Crippen LogP contribution in [0.1, 0.15) is 31.1 Å². The summed E-state index contributed by atoms with van der Waals surface area (Å²) in [5.74, 6) is 1.05. The lowest BCUT2D eigenvalue weighted by Gasteiger charge is -2.35. The number of carbonyl (C=O) groups is 1. The number of carbonyl (C=O) groups excluding carboxylic acids is 1. The number of hydrogen-bond donors (Lipinski definition) is 0. The Hall–Kier alpha value is -1.71. The van der Waals surface area contributed by atoms with Gasteiger partial charge in [-0.15, -0.1) is 0 Å². The minimum atomic E-state index is -2.42. The molecule has 0 amide bonds. The minimum absolute atomic E-state index is 0.252. The molecule has 0 saturated carbocycles. The van der Waals surface area contributed by atoms with Crippen LogP contribution in [-0.4, -0.2) is 23.5 Å². The second-order valence-electron chi connectivity index (χ2n) is 6.05. The standard InChI is InChI=1S/C17H20NO3PS/c1-17(2,3)22(23,14-7-9-18-10-8-14)21-15-6-5-13(12-19)11-16(15)20-4/h5-12H,1-4H3/t22-/m0/s1. The van der Waals surface area contributed by atoms with Gasteiger partial charge in [-0.1, -0.05) is 20.8 Å². The topological polar surface area (TPSA) is 48.4 Å². The van der Waals surface area contributed by atoms with Gasteiger partial charge in [0, 0.05) is 28.4 Å². The first-order chi connectivity index (χ1) is 10.8. The van der Waals surface area contributed by atoms with Crippen LogP contribution >= 0.6 is 6.26 Å². The molecule has 0 fully saturated rings. The number of hydrogen-bond acceptors (Lipinski definition) is 5. The zero-order valence-corrected chi connectivity index (χ0v) is 15.4. The Morgan fingerprint density at radius 2 is 1.78 bits per heavy atom. The van der Waals surface area contributed by atoms with Gasteiger partial charge in [-0.05, 0) is 42.1 Å². The summed E-state index contributed by atoms with van der Waals surface area (Å²) in [6.45, 7) is 6.21. The minimum Gasteiger partial charge on any atom is -0.493 e. The highest BCUT2D eigenvalue weighted by atomic mass is 32.4. The van der Waals surface area contributed by atoms with E-state index in [0.717, 1.165) is 11.6 Å². The maximum Gasteiger partial charge on any atom is 0.166 e. The molecule has 1 aromatic carbocycles. The Labute approximate surface area is 141 Å². The van der Waals surface area contributed by atoms with Crippen molar-refractivity contribution in [1.29, 1.82) is 0 Å². The molecule has 0 spiro atoms. The predicted octanol–water partition coefficient (Wildman–Crippen LogP) is 3.80. The highest BCUT2D eigenvalue weighted by molar-refractivity contribution is 8.16. The van der Waals surface area contributed by atoms with Gasteiger partial charge in [-0.3, -0.25) is 9.78 Å². The molecule has 0 saturated heterocycles. The molecule has 1 atom stereocenters. The molecule has 2 rings (SSSR count). The van der Waals surface area contributed by atoms with Crippen molar-refractivity contribution in [3.05, 3.63) is 48.3 Å². The summed E-state index contributed by atoms with van der Waals surface area (Å²) in [5, 5.41) is 0.703. The maximum atomic E-state index is 10.9. The van der Waals surface area contributed by atoms with E-state index in [2.05, 4.69) is 25.8 Å². The second-order valence-corrected chi connectivity index (χ2v) is 10.7. The van der Waals surface area contributed by atoms with E-state index < -0.39 is 6.26 Å². The number of pyridine rings is 1. The van der Waals surface area contributed by atoms with Crippen LogP contribution in [-0.2, 0) is 11.8 Å². The normalized spacial score (nSPS) is 13.9. The number of rotatable bonds is 5. The molecule has 0 aliphatic heterocycles. The largest absolute Gasteiger partial charge is 0.493 e. The average Bonchev–Trinajstić information content (AvgIpc) is 2.54. The number of ether oxygens (including phenoxy) is 1. The fourth-order valence-electron chi connectivity index (χ4n) is 2.09. The third kappa shape index (κ3) is 3.62. The summed E-state index contributed by atoms with van der Waals surface area (Å²) in [4.78, 5) is 15.0. The summed E-state index contributed by atoms with van der Waals surface area (Å²) in [5.41, 5.74) is 0.530. The molecule has 0 N–H and O–H groups in total. The Morgan fingerprint density at radius 1 is 1.13 bits per heavy atom. The first-order valence-electron chi connectivity index (χ1n) is 7.15. The fourth-order valence-corrected chi connectivity index (χ4v) is 4.80. The third-order valence-corrected chi connectivity index (χ3v) is 9.13. The maximum absolute atomic E-state index is 10.9. The van der Waals surface area contributed by atoms with Gasteiger partial charge >= 0.3 is 0 Å². The van der Waals surface area contributed by atoms with Crippen molar-refractivity contribution in [2.24, 2.45) is 0 Å². The van der Waals surface area contributed by atoms with Crippen molar-refractivity contribution in [2.75, 3.05) is 7.11 Å². The van der Waals surface area contributed by atoms with Gasteiger partial charge in [0.15, 0.2) is 11.5 Å². The molecule has 122 valence electrons.